The average molecular weight is 402 g/mol. The summed E-state index contributed by atoms with van der Waals surface area (Å²) >= 11 is 0. The molecule has 0 fully saturated rings. The number of pyridine rings is 2. The van der Waals surface area contributed by atoms with Gasteiger partial charge >= 0.3 is 0 Å². The average Bonchev–Trinajstić information content (AvgIpc) is 3.22. The molecule has 0 saturated heterocycles. The first-order chi connectivity index (χ1) is 14.6. The summed E-state index contributed by atoms with van der Waals surface area (Å²) in [6, 6.07) is 12.4. The van der Waals surface area contributed by atoms with E-state index in [2.05, 4.69) is 20.3 Å². The smallest absolute Gasteiger partial charge is 0.165 e. The number of benzene rings is 1. The van der Waals surface area contributed by atoms with Crippen molar-refractivity contribution in [1.29, 1.82) is 0 Å². The van der Waals surface area contributed by atoms with Crippen molar-refractivity contribution in [3.05, 3.63) is 66.6 Å². The Hall–Kier alpha value is -4.04. The number of carbonyl (C=O) groups excluding carboxylic acids is 1. The zero-order valence-electron chi connectivity index (χ0n) is 16.6. The van der Waals surface area contributed by atoms with Crippen LogP contribution in [-0.4, -0.2) is 45.4 Å². The van der Waals surface area contributed by atoms with Gasteiger partial charge in [-0.2, -0.15) is 0 Å². The highest BCUT2D eigenvalue weighted by atomic mass is 16.3. The number of aromatic hydroxyl groups is 1. The normalized spacial score (nSPS) is 10.2. The molecule has 1 aromatic carbocycles. The number of aldehydes is 1. The van der Waals surface area contributed by atoms with Gasteiger partial charge in [0.05, 0.1) is 11.4 Å². The number of hydrogen-bond acceptors (Lipinski definition) is 7. The predicted octanol–water partition coefficient (Wildman–Crippen LogP) is 3.14. The Balaban J connectivity index is 0.000000806. The van der Waals surface area contributed by atoms with Crippen molar-refractivity contribution in [1.82, 2.24) is 25.3 Å². The molecule has 30 heavy (non-hydrogen) atoms. The summed E-state index contributed by atoms with van der Waals surface area (Å²) < 4.78 is 0. The number of aromatic amines is 1. The van der Waals surface area contributed by atoms with Gasteiger partial charge in [-0.3, -0.25) is 9.78 Å². The number of aromatic nitrogens is 4. The van der Waals surface area contributed by atoms with Crippen LogP contribution in [0.2, 0.25) is 0 Å². The van der Waals surface area contributed by atoms with E-state index in [4.69, 9.17) is 10.7 Å². The van der Waals surface area contributed by atoms with E-state index in [1.165, 1.54) is 6.07 Å². The Kier molecular flexibility index (Phi) is 6.51. The third-order valence-electron chi connectivity index (χ3n) is 4.16. The summed E-state index contributed by atoms with van der Waals surface area (Å²) in [5, 5.41) is 12.7. The summed E-state index contributed by atoms with van der Waals surface area (Å²) in [4.78, 5) is 26.9. The van der Waals surface area contributed by atoms with Crippen molar-refractivity contribution < 1.29 is 9.90 Å². The number of carbonyl (C=O) groups is 1. The molecule has 0 radical (unpaired) electrons. The number of imidazole rings is 1. The fourth-order valence-electron chi connectivity index (χ4n) is 2.76. The third kappa shape index (κ3) is 4.50. The fraction of sp³-hybridized carbons (Fsp3) is 0.0909. The fourth-order valence-corrected chi connectivity index (χ4v) is 2.76. The molecule has 0 amide bonds. The van der Waals surface area contributed by atoms with Gasteiger partial charge in [-0.25, -0.2) is 9.97 Å². The zero-order chi connectivity index (χ0) is 21.5. The molecule has 3 heterocycles. The van der Waals surface area contributed by atoms with Crippen LogP contribution < -0.4 is 11.1 Å². The van der Waals surface area contributed by atoms with Gasteiger partial charge < -0.3 is 21.1 Å². The number of nitrogen functional groups attached to an aromatic ring is 1. The molecular weight excluding hydrogens is 380 g/mol. The molecule has 0 unspecified atom stereocenters. The van der Waals surface area contributed by atoms with Crippen LogP contribution in [0.4, 0.5) is 5.82 Å². The maximum Gasteiger partial charge on any atom is 0.165 e. The maximum atomic E-state index is 10.9. The second-order valence-electron chi connectivity index (χ2n) is 6.41. The van der Waals surface area contributed by atoms with Crippen molar-refractivity contribution in [3.8, 4) is 39.7 Å². The molecule has 152 valence electrons. The van der Waals surface area contributed by atoms with E-state index in [0.29, 0.717) is 22.6 Å². The molecule has 3 aromatic heterocycles. The standard InChI is InChI=1S/C20H15N5O2.C2H7N/c21-19-16(27)9-15(10-23-19)18-17(13-5-7-22-8-6-13)24-20(25-18)14-3-1-12(11-26)2-4-14;1-3-2/h1-11,27H,(H2,21,23)(H,24,25);3H,1-2H3. The number of hydrogen-bond donors (Lipinski definition) is 4. The highest BCUT2D eigenvalue weighted by molar-refractivity contribution is 5.82. The molecule has 0 bridgehead atoms. The number of rotatable bonds is 4. The quantitative estimate of drug-likeness (QED) is 0.386. The molecule has 0 atom stereocenters. The minimum absolute atomic E-state index is 0.0597. The van der Waals surface area contributed by atoms with Crippen molar-refractivity contribution in [2.24, 2.45) is 0 Å². The van der Waals surface area contributed by atoms with Crippen LogP contribution in [-0.2, 0) is 0 Å². The first kappa shape index (κ1) is 20.7. The Morgan fingerprint density at radius 3 is 2.30 bits per heavy atom. The van der Waals surface area contributed by atoms with E-state index in [-0.39, 0.29) is 11.6 Å². The molecule has 8 nitrogen and oxygen atoms in total. The number of anilines is 1. The van der Waals surface area contributed by atoms with E-state index in [0.717, 1.165) is 23.1 Å². The molecule has 0 aliphatic rings. The number of nitrogens with one attached hydrogen (secondary N) is 2. The largest absolute Gasteiger partial charge is 0.504 e. The van der Waals surface area contributed by atoms with E-state index >= 15 is 0 Å². The molecule has 0 aliphatic carbocycles. The summed E-state index contributed by atoms with van der Waals surface area (Å²) in [6.45, 7) is 0. The zero-order valence-corrected chi connectivity index (χ0v) is 16.6. The van der Waals surface area contributed by atoms with Crippen LogP contribution in [0.3, 0.4) is 0 Å². The van der Waals surface area contributed by atoms with Crippen LogP contribution in [0, 0.1) is 0 Å². The summed E-state index contributed by atoms with van der Waals surface area (Å²) in [6.07, 6.45) is 5.74. The van der Waals surface area contributed by atoms with Gasteiger partial charge in [0.2, 0.25) is 0 Å². The lowest BCUT2D eigenvalue weighted by molar-refractivity contribution is 0.112. The van der Waals surface area contributed by atoms with Crippen molar-refractivity contribution >= 4 is 12.1 Å². The van der Waals surface area contributed by atoms with Crippen LogP contribution in [0.15, 0.2) is 61.1 Å². The van der Waals surface area contributed by atoms with Crippen LogP contribution in [0.5, 0.6) is 5.75 Å². The SMILES string of the molecule is CNC.Nc1ncc(-c2nc(-c3ccc(C=O)cc3)[nH]c2-c2ccncc2)cc1O. The van der Waals surface area contributed by atoms with E-state index in [1.54, 1.807) is 30.7 Å². The molecule has 0 spiro atoms. The van der Waals surface area contributed by atoms with Crippen LogP contribution in [0.1, 0.15) is 10.4 Å². The molecule has 8 heteroatoms. The van der Waals surface area contributed by atoms with Gasteiger partial charge in [0.1, 0.15) is 12.1 Å². The third-order valence-corrected chi connectivity index (χ3v) is 4.16. The number of nitrogens with zero attached hydrogens (tertiary/aromatic N) is 3. The van der Waals surface area contributed by atoms with E-state index < -0.39 is 0 Å². The van der Waals surface area contributed by atoms with Gasteiger partial charge in [0.25, 0.3) is 0 Å². The first-order valence-electron chi connectivity index (χ1n) is 9.16. The Morgan fingerprint density at radius 1 is 1.03 bits per heavy atom. The number of H-pyrrole nitrogens is 1. The summed E-state index contributed by atoms with van der Waals surface area (Å²) in [5.41, 5.74) is 9.93. The van der Waals surface area contributed by atoms with Crippen LogP contribution in [0.25, 0.3) is 33.9 Å². The molecule has 5 N–H and O–H groups in total. The highest BCUT2D eigenvalue weighted by Gasteiger charge is 2.16. The highest BCUT2D eigenvalue weighted by Crippen LogP contribution is 2.34. The van der Waals surface area contributed by atoms with Crippen molar-refractivity contribution in [2.75, 3.05) is 19.8 Å². The molecular formula is C22H22N6O2. The van der Waals surface area contributed by atoms with Gasteiger partial charge in [-0.05, 0) is 32.3 Å². The van der Waals surface area contributed by atoms with Crippen molar-refractivity contribution in [2.45, 2.75) is 0 Å². The molecule has 4 rings (SSSR count). The monoisotopic (exact) mass is 402 g/mol. The minimum Gasteiger partial charge on any atom is -0.504 e. The summed E-state index contributed by atoms with van der Waals surface area (Å²) in [5.74, 6) is 0.586. The molecule has 0 saturated carbocycles. The second-order valence-corrected chi connectivity index (χ2v) is 6.41. The second kappa shape index (κ2) is 9.44. The maximum absolute atomic E-state index is 10.9. The van der Waals surface area contributed by atoms with Gasteiger partial charge in [-0.15, -0.1) is 0 Å². The Labute approximate surface area is 173 Å². The Bertz CT molecular complexity index is 1120. The van der Waals surface area contributed by atoms with E-state index in [9.17, 15) is 9.90 Å². The Morgan fingerprint density at radius 2 is 1.70 bits per heavy atom. The number of nitrogens with two attached hydrogens (primary N) is 1. The lowest BCUT2D eigenvalue weighted by Gasteiger charge is -2.04. The van der Waals surface area contributed by atoms with E-state index in [1.807, 2.05) is 38.4 Å². The molecule has 4 aromatic rings. The van der Waals surface area contributed by atoms with Crippen LogP contribution >= 0.6 is 0 Å². The summed E-state index contributed by atoms with van der Waals surface area (Å²) in [7, 11) is 3.75. The van der Waals surface area contributed by atoms with Crippen molar-refractivity contribution in [3.63, 3.8) is 0 Å². The lowest BCUT2D eigenvalue weighted by atomic mass is 10.1. The predicted molar refractivity (Wildman–Crippen MR) is 117 cm³/mol. The van der Waals surface area contributed by atoms with Gasteiger partial charge in [0, 0.05) is 40.8 Å². The topological polar surface area (TPSA) is 130 Å². The lowest BCUT2D eigenvalue weighted by Crippen LogP contribution is -1.92. The first-order valence-corrected chi connectivity index (χ1v) is 9.16. The molecule has 0 aliphatic heterocycles. The minimum atomic E-state index is -0.104. The van der Waals surface area contributed by atoms with Gasteiger partial charge in [-0.1, -0.05) is 24.3 Å². The van der Waals surface area contributed by atoms with Gasteiger partial charge in [0.15, 0.2) is 11.6 Å².